The monoisotopic (exact) mass is 284 g/mol. The van der Waals surface area contributed by atoms with Gasteiger partial charge in [0.25, 0.3) is 5.91 Å². The van der Waals surface area contributed by atoms with E-state index in [-0.39, 0.29) is 5.91 Å². The van der Waals surface area contributed by atoms with Crippen molar-refractivity contribution in [3.05, 3.63) is 28.5 Å². The van der Waals surface area contributed by atoms with Gasteiger partial charge in [-0.3, -0.25) is 4.79 Å². The summed E-state index contributed by atoms with van der Waals surface area (Å²) in [6, 6.07) is 3.42. The smallest absolute Gasteiger partial charge is 0.254 e. The second kappa shape index (κ2) is 8.12. The lowest BCUT2D eigenvalue weighted by atomic mass is 10.2. The van der Waals surface area contributed by atoms with Crippen molar-refractivity contribution in [3.63, 3.8) is 0 Å². The predicted octanol–water partition coefficient (Wildman–Crippen LogP) is 2.80. The Bertz CT molecular complexity index is 424. The number of carbonyl (C=O) groups excluding carboxylic acids is 1. The van der Waals surface area contributed by atoms with E-state index in [0.717, 1.165) is 12.1 Å². The van der Waals surface area contributed by atoms with Crippen molar-refractivity contribution in [1.82, 2.24) is 9.88 Å². The summed E-state index contributed by atoms with van der Waals surface area (Å²) in [7, 11) is 0. The van der Waals surface area contributed by atoms with Crippen LogP contribution < -0.4 is 0 Å². The van der Waals surface area contributed by atoms with Crippen LogP contribution in [0.2, 0.25) is 5.15 Å². The number of ether oxygens (including phenoxy) is 1. The summed E-state index contributed by atoms with van der Waals surface area (Å²) in [5.41, 5.74) is 1.42. The molecule has 106 valence electrons. The van der Waals surface area contributed by atoms with Crippen LogP contribution in [0.3, 0.4) is 0 Å². The lowest BCUT2D eigenvalue weighted by molar-refractivity contribution is 0.0669. The third-order valence-electron chi connectivity index (χ3n) is 2.83. The Morgan fingerprint density at radius 1 is 1.37 bits per heavy atom. The molecule has 0 fully saturated rings. The number of carbonyl (C=O) groups is 1. The molecule has 0 aliphatic rings. The number of halogens is 1. The van der Waals surface area contributed by atoms with Crippen LogP contribution >= 0.6 is 11.6 Å². The van der Waals surface area contributed by atoms with Gasteiger partial charge in [-0.2, -0.15) is 0 Å². The number of aryl methyl sites for hydroxylation is 1. The molecule has 0 aromatic carbocycles. The maximum absolute atomic E-state index is 12.4. The van der Waals surface area contributed by atoms with Gasteiger partial charge in [-0.05, 0) is 32.4 Å². The molecule has 0 radical (unpaired) electrons. The third-order valence-corrected chi connectivity index (χ3v) is 3.03. The highest BCUT2D eigenvalue weighted by molar-refractivity contribution is 6.29. The fraction of sp³-hybridized carbons (Fsp3) is 0.571. The molecule has 0 aliphatic carbocycles. The Labute approximate surface area is 119 Å². The summed E-state index contributed by atoms with van der Waals surface area (Å²) in [5.74, 6) is -0.0267. The van der Waals surface area contributed by atoms with E-state index < -0.39 is 0 Å². The van der Waals surface area contributed by atoms with Gasteiger partial charge < -0.3 is 9.64 Å². The first kappa shape index (κ1) is 15.9. The van der Waals surface area contributed by atoms with E-state index in [4.69, 9.17) is 16.3 Å². The number of hydrogen-bond acceptors (Lipinski definition) is 3. The van der Waals surface area contributed by atoms with Gasteiger partial charge in [0.15, 0.2) is 0 Å². The molecule has 5 heteroatoms. The maximum atomic E-state index is 12.4. The molecule has 0 saturated carbocycles. The zero-order valence-corrected chi connectivity index (χ0v) is 12.5. The standard InChI is InChI=1S/C14H21ClN2O2/c1-4-12-9-11(10-13(15)16-12)14(18)17(5-2)7-8-19-6-3/h9-10H,4-8H2,1-3H3. The highest BCUT2D eigenvalue weighted by Crippen LogP contribution is 2.13. The average Bonchev–Trinajstić information content (AvgIpc) is 2.42. The summed E-state index contributed by atoms with van der Waals surface area (Å²) in [6.45, 7) is 8.32. The van der Waals surface area contributed by atoms with E-state index in [9.17, 15) is 4.79 Å². The van der Waals surface area contributed by atoms with Crippen LogP contribution in [0.25, 0.3) is 0 Å². The third kappa shape index (κ3) is 4.80. The van der Waals surface area contributed by atoms with Gasteiger partial charge in [-0.15, -0.1) is 0 Å². The molecule has 1 amide bonds. The summed E-state index contributed by atoms with van der Waals surface area (Å²) in [6.07, 6.45) is 0.756. The Morgan fingerprint density at radius 2 is 2.11 bits per heavy atom. The normalized spacial score (nSPS) is 10.5. The van der Waals surface area contributed by atoms with E-state index in [0.29, 0.717) is 37.0 Å². The molecule has 0 unspecified atom stereocenters. The molecule has 1 heterocycles. The van der Waals surface area contributed by atoms with Gasteiger partial charge in [0.05, 0.1) is 6.61 Å². The first-order chi connectivity index (χ1) is 9.12. The Hall–Kier alpha value is -1.13. The molecular weight excluding hydrogens is 264 g/mol. The second-order valence-corrected chi connectivity index (χ2v) is 4.49. The first-order valence-electron chi connectivity index (χ1n) is 6.65. The van der Waals surface area contributed by atoms with E-state index >= 15 is 0 Å². The minimum absolute atomic E-state index is 0.0267. The van der Waals surface area contributed by atoms with Gasteiger partial charge in [0, 0.05) is 31.0 Å². The van der Waals surface area contributed by atoms with E-state index in [1.807, 2.05) is 20.8 Å². The lowest BCUT2D eigenvalue weighted by Crippen LogP contribution is -2.34. The van der Waals surface area contributed by atoms with E-state index in [1.54, 1.807) is 17.0 Å². The Morgan fingerprint density at radius 3 is 2.68 bits per heavy atom. The van der Waals surface area contributed by atoms with Gasteiger partial charge in [0.2, 0.25) is 0 Å². The van der Waals surface area contributed by atoms with Crippen LogP contribution in [0.1, 0.15) is 36.8 Å². The van der Waals surface area contributed by atoms with Crippen molar-refractivity contribution < 1.29 is 9.53 Å². The number of hydrogen-bond donors (Lipinski definition) is 0. The van der Waals surface area contributed by atoms with Crippen LogP contribution in [0.15, 0.2) is 12.1 Å². The minimum atomic E-state index is -0.0267. The van der Waals surface area contributed by atoms with E-state index in [2.05, 4.69) is 4.98 Å². The van der Waals surface area contributed by atoms with Gasteiger partial charge in [-0.1, -0.05) is 18.5 Å². The SMILES string of the molecule is CCOCCN(CC)C(=O)c1cc(Cl)nc(CC)c1. The van der Waals surface area contributed by atoms with E-state index in [1.165, 1.54) is 0 Å². The number of nitrogens with zero attached hydrogens (tertiary/aromatic N) is 2. The summed E-state index contributed by atoms with van der Waals surface area (Å²) >= 11 is 5.94. The minimum Gasteiger partial charge on any atom is -0.380 e. The topological polar surface area (TPSA) is 42.4 Å². The van der Waals surface area contributed by atoms with Crippen LogP contribution in [0.5, 0.6) is 0 Å². The number of amides is 1. The second-order valence-electron chi connectivity index (χ2n) is 4.11. The summed E-state index contributed by atoms with van der Waals surface area (Å²) in [5, 5.41) is 0.364. The van der Waals surface area contributed by atoms with Crippen LogP contribution in [-0.4, -0.2) is 42.1 Å². The molecule has 0 spiro atoms. The predicted molar refractivity (Wildman–Crippen MR) is 76.7 cm³/mol. The number of rotatable bonds is 7. The first-order valence-corrected chi connectivity index (χ1v) is 7.03. The molecule has 0 aliphatic heterocycles. The van der Waals surface area contributed by atoms with Crippen LogP contribution in [-0.2, 0) is 11.2 Å². The number of aromatic nitrogens is 1. The van der Waals surface area contributed by atoms with Crippen molar-refractivity contribution in [2.75, 3.05) is 26.3 Å². The highest BCUT2D eigenvalue weighted by Gasteiger charge is 2.15. The molecule has 19 heavy (non-hydrogen) atoms. The van der Waals surface area contributed by atoms with Gasteiger partial charge in [0.1, 0.15) is 5.15 Å². The maximum Gasteiger partial charge on any atom is 0.254 e. The fourth-order valence-electron chi connectivity index (χ4n) is 1.76. The Kier molecular flexibility index (Phi) is 6.81. The largest absolute Gasteiger partial charge is 0.380 e. The number of likely N-dealkylation sites (N-methyl/N-ethyl adjacent to an activating group) is 1. The molecule has 0 N–H and O–H groups in total. The molecule has 0 atom stereocenters. The number of pyridine rings is 1. The van der Waals surface area contributed by atoms with Crippen molar-refractivity contribution in [2.24, 2.45) is 0 Å². The highest BCUT2D eigenvalue weighted by atomic mass is 35.5. The molecular formula is C14H21ClN2O2. The van der Waals surface area contributed by atoms with Crippen LogP contribution in [0, 0.1) is 0 Å². The molecule has 1 aromatic heterocycles. The summed E-state index contributed by atoms with van der Waals surface area (Å²) in [4.78, 5) is 18.3. The summed E-state index contributed by atoms with van der Waals surface area (Å²) < 4.78 is 5.29. The molecule has 0 saturated heterocycles. The molecule has 1 aromatic rings. The van der Waals surface area contributed by atoms with Gasteiger partial charge >= 0.3 is 0 Å². The fourth-order valence-corrected chi connectivity index (χ4v) is 1.99. The quantitative estimate of drug-likeness (QED) is 0.571. The van der Waals surface area contributed by atoms with Gasteiger partial charge in [-0.25, -0.2) is 4.98 Å². The molecule has 1 rings (SSSR count). The molecule has 4 nitrogen and oxygen atoms in total. The van der Waals surface area contributed by atoms with Crippen molar-refractivity contribution >= 4 is 17.5 Å². The van der Waals surface area contributed by atoms with Crippen molar-refractivity contribution in [3.8, 4) is 0 Å². The van der Waals surface area contributed by atoms with Crippen molar-refractivity contribution in [1.29, 1.82) is 0 Å². The average molecular weight is 285 g/mol. The molecule has 0 bridgehead atoms. The lowest BCUT2D eigenvalue weighted by Gasteiger charge is -2.21. The Balaban J connectivity index is 2.81. The zero-order chi connectivity index (χ0) is 14.3. The zero-order valence-electron chi connectivity index (χ0n) is 11.8. The van der Waals surface area contributed by atoms with Crippen molar-refractivity contribution in [2.45, 2.75) is 27.2 Å². The van der Waals surface area contributed by atoms with Crippen LogP contribution in [0.4, 0.5) is 0 Å².